The highest BCUT2D eigenvalue weighted by atomic mass is 16.5. The van der Waals surface area contributed by atoms with E-state index in [-0.39, 0.29) is 5.91 Å². The zero-order valence-electron chi connectivity index (χ0n) is 14.7. The van der Waals surface area contributed by atoms with Crippen LogP contribution in [0.5, 0.6) is 5.75 Å². The number of hydrogen-bond acceptors (Lipinski definition) is 3. The molecule has 0 bridgehead atoms. The highest BCUT2D eigenvalue weighted by molar-refractivity contribution is 5.79. The van der Waals surface area contributed by atoms with Gasteiger partial charge in [0, 0.05) is 19.6 Å². The van der Waals surface area contributed by atoms with Gasteiger partial charge < -0.3 is 14.5 Å². The summed E-state index contributed by atoms with van der Waals surface area (Å²) in [5.41, 5.74) is 2.12. The molecule has 0 saturated carbocycles. The molecule has 128 valence electrons. The van der Waals surface area contributed by atoms with Gasteiger partial charge in [-0.15, -0.1) is 0 Å². The SMILES string of the molecule is COc1cccc(CC(=O)N(CCN(C)C)Cc2ccccc2)c1. The van der Waals surface area contributed by atoms with Crippen LogP contribution in [0.1, 0.15) is 11.1 Å². The fourth-order valence-corrected chi connectivity index (χ4v) is 2.49. The average molecular weight is 326 g/mol. The number of carbonyl (C=O) groups excluding carboxylic acids is 1. The Balaban J connectivity index is 2.07. The summed E-state index contributed by atoms with van der Waals surface area (Å²) >= 11 is 0. The molecule has 0 fully saturated rings. The van der Waals surface area contributed by atoms with E-state index >= 15 is 0 Å². The third kappa shape index (κ3) is 5.70. The molecule has 0 N–H and O–H groups in total. The Morgan fingerprint density at radius 2 is 1.67 bits per heavy atom. The van der Waals surface area contributed by atoms with Gasteiger partial charge in [0.25, 0.3) is 0 Å². The van der Waals surface area contributed by atoms with E-state index in [0.717, 1.165) is 23.4 Å². The molecule has 2 aromatic rings. The van der Waals surface area contributed by atoms with Crippen molar-refractivity contribution in [1.82, 2.24) is 9.80 Å². The molecule has 0 unspecified atom stereocenters. The molecule has 0 aromatic heterocycles. The van der Waals surface area contributed by atoms with E-state index in [4.69, 9.17) is 4.74 Å². The van der Waals surface area contributed by atoms with Gasteiger partial charge in [0.15, 0.2) is 0 Å². The van der Waals surface area contributed by atoms with Gasteiger partial charge >= 0.3 is 0 Å². The smallest absolute Gasteiger partial charge is 0.227 e. The van der Waals surface area contributed by atoms with Crippen LogP contribution in [0.2, 0.25) is 0 Å². The van der Waals surface area contributed by atoms with Crippen molar-refractivity contribution in [2.75, 3.05) is 34.3 Å². The summed E-state index contributed by atoms with van der Waals surface area (Å²) in [7, 11) is 5.68. The van der Waals surface area contributed by atoms with E-state index in [1.165, 1.54) is 0 Å². The summed E-state index contributed by atoms with van der Waals surface area (Å²) in [6, 6.07) is 17.8. The summed E-state index contributed by atoms with van der Waals surface area (Å²) in [6.45, 7) is 2.19. The molecule has 0 aliphatic heterocycles. The summed E-state index contributed by atoms with van der Waals surface area (Å²) in [6.07, 6.45) is 0.386. The van der Waals surface area contributed by atoms with Crippen LogP contribution in [0.3, 0.4) is 0 Å². The molecule has 4 heteroatoms. The van der Waals surface area contributed by atoms with E-state index in [9.17, 15) is 4.79 Å². The van der Waals surface area contributed by atoms with Gasteiger partial charge in [0.1, 0.15) is 5.75 Å². The lowest BCUT2D eigenvalue weighted by atomic mass is 10.1. The second kappa shape index (κ2) is 9.08. The minimum Gasteiger partial charge on any atom is -0.497 e. The third-order valence-corrected chi connectivity index (χ3v) is 3.88. The van der Waals surface area contributed by atoms with Gasteiger partial charge in [0.2, 0.25) is 5.91 Å². The van der Waals surface area contributed by atoms with Crippen molar-refractivity contribution in [2.45, 2.75) is 13.0 Å². The second-order valence-corrected chi connectivity index (χ2v) is 6.13. The van der Waals surface area contributed by atoms with Crippen LogP contribution < -0.4 is 4.74 Å². The van der Waals surface area contributed by atoms with Crippen molar-refractivity contribution in [3.63, 3.8) is 0 Å². The van der Waals surface area contributed by atoms with Gasteiger partial charge in [-0.3, -0.25) is 4.79 Å². The highest BCUT2D eigenvalue weighted by Gasteiger charge is 2.15. The van der Waals surface area contributed by atoms with Crippen LogP contribution in [-0.4, -0.2) is 50.0 Å². The molecule has 2 aromatic carbocycles. The molecule has 0 radical (unpaired) electrons. The third-order valence-electron chi connectivity index (χ3n) is 3.88. The minimum atomic E-state index is 0.133. The molecule has 0 heterocycles. The maximum atomic E-state index is 12.8. The molecule has 4 nitrogen and oxygen atoms in total. The van der Waals surface area contributed by atoms with Gasteiger partial charge in [-0.25, -0.2) is 0 Å². The van der Waals surface area contributed by atoms with E-state index in [0.29, 0.717) is 19.5 Å². The number of amides is 1. The Kier molecular flexibility index (Phi) is 6.82. The first-order valence-corrected chi connectivity index (χ1v) is 8.18. The predicted octanol–water partition coefficient (Wildman–Crippen LogP) is 2.83. The first-order chi connectivity index (χ1) is 11.6. The number of ether oxygens (including phenoxy) is 1. The summed E-state index contributed by atoms with van der Waals surface area (Å²) in [5.74, 6) is 0.914. The number of benzene rings is 2. The maximum absolute atomic E-state index is 12.8. The Bertz CT molecular complexity index is 641. The number of nitrogens with zero attached hydrogens (tertiary/aromatic N) is 2. The number of hydrogen-bond donors (Lipinski definition) is 0. The molecule has 0 spiro atoms. The quantitative estimate of drug-likeness (QED) is 0.748. The highest BCUT2D eigenvalue weighted by Crippen LogP contribution is 2.14. The Morgan fingerprint density at radius 1 is 0.958 bits per heavy atom. The predicted molar refractivity (Wildman–Crippen MR) is 97.1 cm³/mol. The van der Waals surface area contributed by atoms with Gasteiger partial charge in [-0.05, 0) is 37.4 Å². The fraction of sp³-hybridized carbons (Fsp3) is 0.350. The van der Waals surface area contributed by atoms with Crippen molar-refractivity contribution in [2.24, 2.45) is 0 Å². The van der Waals surface area contributed by atoms with Gasteiger partial charge in [-0.1, -0.05) is 42.5 Å². The topological polar surface area (TPSA) is 32.8 Å². The molecule has 24 heavy (non-hydrogen) atoms. The van der Waals surface area contributed by atoms with Gasteiger partial charge in [0.05, 0.1) is 13.5 Å². The normalized spacial score (nSPS) is 10.7. The van der Waals surface area contributed by atoms with Crippen molar-refractivity contribution >= 4 is 5.91 Å². The van der Waals surface area contributed by atoms with Crippen LogP contribution in [0.4, 0.5) is 0 Å². The molecule has 0 aliphatic carbocycles. The summed E-state index contributed by atoms with van der Waals surface area (Å²) in [5, 5.41) is 0. The van der Waals surface area contributed by atoms with E-state index < -0.39 is 0 Å². The number of rotatable bonds is 8. The fourth-order valence-electron chi connectivity index (χ4n) is 2.49. The van der Waals surface area contributed by atoms with Crippen molar-refractivity contribution in [3.05, 3.63) is 65.7 Å². The lowest BCUT2D eigenvalue weighted by Crippen LogP contribution is -2.37. The number of likely N-dealkylation sites (N-methyl/N-ethyl adjacent to an activating group) is 1. The van der Waals surface area contributed by atoms with Crippen molar-refractivity contribution in [3.8, 4) is 5.75 Å². The Hall–Kier alpha value is -2.33. The molecule has 1 amide bonds. The molecular formula is C20H26N2O2. The first kappa shape index (κ1) is 18.0. The van der Waals surface area contributed by atoms with Crippen LogP contribution in [0, 0.1) is 0 Å². The lowest BCUT2D eigenvalue weighted by molar-refractivity contribution is -0.131. The second-order valence-electron chi connectivity index (χ2n) is 6.13. The van der Waals surface area contributed by atoms with Crippen LogP contribution in [0.25, 0.3) is 0 Å². The number of carbonyl (C=O) groups is 1. The maximum Gasteiger partial charge on any atom is 0.227 e. The molecule has 0 atom stereocenters. The molecule has 0 saturated heterocycles. The van der Waals surface area contributed by atoms with Crippen molar-refractivity contribution < 1.29 is 9.53 Å². The molecular weight excluding hydrogens is 300 g/mol. The Morgan fingerprint density at radius 3 is 2.33 bits per heavy atom. The first-order valence-electron chi connectivity index (χ1n) is 8.18. The molecule has 0 aliphatic rings. The van der Waals surface area contributed by atoms with E-state index in [2.05, 4.69) is 17.0 Å². The van der Waals surface area contributed by atoms with Crippen molar-refractivity contribution in [1.29, 1.82) is 0 Å². The zero-order valence-corrected chi connectivity index (χ0v) is 14.7. The summed E-state index contributed by atoms with van der Waals surface area (Å²) in [4.78, 5) is 16.8. The Labute approximate surface area is 144 Å². The molecule has 2 rings (SSSR count). The zero-order chi connectivity index (χ0) is 17.4. The number of methoxy groups -OCH3 is 1. The standard InChI is InChI=1S/C20H26N2O2/c1-21(2)12-13-22(16-17-8-5-4-6-9-17)20(23)15-18-10-7-11-19(14-18)24-3/h4-11,14H,12-13,15-16H2,1-3H3. The monoisotopic (exact) mass is 326 g/mol. The largest absolute Gasteiger partial charge is 0.497 e. The van der Waals surface area contributed by atoms with E-state index in [1.54, 1.807) is 7.11 Å². The van der Waals surface area contributed by atoms with Crippen LogP contribution >= 0.6 is 0 Å². The van der Waals surface area contributed by atoms with Gasteiger partial charge in [-0.2, -0.15) is 0 Å². The lowest BCUT2D eigenvalue weighted by Gasteiger charge is -2.25. The minimum absolute atomic E-state index is 0.133. The van der Waals surface area contributed by atoms with Crippen LogP contribution in [-0.2, 0) is 17.8 Å². The average Bonchev–Trinajstić information content (AvgIpc) is 2.59. The van der Waals surface area contributed by atoms with Crippen LogP contribution in [0.15, 0.2) is 54.6 Å². The summed E-state index contributed by atoms with van der Waals surface area (Å²) < 4.78 is 5.24. The van der Waals surface area contributed by atoms with E-state index in [1.807, 2.05) is 61.5 Å².